The molecule has 0 bridgehead atoms. The lowest BCUT2D eigenvalue weighted by molar-refractivity contribution is -0.119. The third kappa shape index (κ3) is 14.9. The first-order valence-electron chi connectivity index (χ1n) is 12.7. The number of fused-ring (bicyclic) bond motifs is 1. The first-order chi connectivity index (χ1) is 15.0. The van der Waals surface area contributed by atoms with Crippen molar-refractivity contribution in [1.29, 1.82) is 0 Å². The average Bonchev–Trinajstić information content (AvgIpc) is 3.30. The Hall–Kier alpha value is -0.140. The van der Waals surface area contributed by atoms with Crippen LogP contribution >= 0.6 is 11.8 Å². The molecular weight excluding hydrogens is 420 g/mol. The SMILES string of the molecule is CC(C)(C)CCOCCCC(=O)CCCC[C@@H]1SC[C@@H]2NCN[C@@H]21.COCCC(C)(C)C. The molecule has 5 nitrogen and oxygen atoms in total. The molecule has 2 aliphatic rings. The minimum absolute atomic E-state index is 0.331. The van der Waals surface area contributed by atoms with E-state index >= 15 is 0 Å². The normalized spacial score (nSPS) is 23.0. The quantitative estimate of drug-likeness (QED) is 0.349. The van der Waals surface area contributed by atoms with E-state index < -0.39 is 0 Å². The number of ether oxygens (including phenoxy) is 2. The Morgan fingerprint density at radius 1 is 0.906 bits per heavy atom. The van der Waals surface area contributed by atoms with E-state index in [0.717, 1.165) is 63.8 Å². The van der Waals surface area contributed by atoms with Crippen molar-refractivity contribution in [2.45, 2.75) is 110 Å². The lowest BCUT2D eigenvalue weighted by atomic mass is 9.93. The van der Waals surface area contributed by atoms with Gasteiger partial charge in [-0.25, -0.2) is 0 Å². The lowest BCUT2D eigenvalue weighted by Crippen LogP contribution is -2.36. The highest BCUT2D eigenvalue weighted by Gasteiger charge is 2.38. The maximum atomic E-state index is 11.9. The van der Waals surface area contributed by atoms with Crippen LogP contribution in [0.15, 0.2) is 0 Å². The Morgan fingerprint density at radius 2 is 1.56 bits per heavy atom. The predicted molar refractivity (Wildman–Crippen MR) is 139 cm³/mol. The van der Waals surface area contributed by atoms with Crippen LogP contribution in [0.2, 0.25) is 0 Å². The Bertz CT molecular complexity index is 502. The monoisotopic (exact) mass is 472 g/mol. The van der Waals surface area contributed by atoms with Crippen molar-refractivity contribution in [2.24, 2.45) is 10.8 Å². The second-order valence-electron chi connectivity index (χ2n) is 11.7. The van der Waals surface area contributed by atoms with Gasteiger partial charge in [0.2, 0.25) is 0 Å². The van der Waals surface area contributed by atoms with Crippen LogP contribution in [0, 0.1) is 10.8 Å². The van der Waals surface area contributed by atoms with Crippen LogP contribution in [0.3, 0.4) is 0 Å². The molecule has 3 atom stereocenters. The molecule has 2 N–H and O–H groups in total. The third-order valence-corrected chi connectivity index (χ3v) is 7.53. The number of nitrogens with one attached hydrogen (secondary N) is 2. The molecule has 0 aromatic rings. The highest BCUT2D eigenvalue weighted by Crippen LogP contribution is 2.32. The van der Waals surface area contributed by atoms with Gasteiger partial charge in [0, 0.05) is 69.5 Å². The molecule has 0 unspecified atom stereocenters. The van der Waals surface area contributed by atoms with Crippen molar-refractivity contribution in [3.63, 3.8) is 0 Å². The molecular formula is C26H52N2O3S. The van der Waals surface area contributed by atoms with Crippen LogP contribution in [-0.4, -0.2) is 62.5 Å². The van der Waals surface area contributed by atoms with Crippen LogP contribution in [0.4, 0.5) is 0 Å². The molecule has 0 spiro atoms. The number of carbonyl (C=O) groups is 1. The van der Waals surface area contributed by atoms with Gasteiger partial charge in [-0.2, -0.15) is 11.8 Å². The highest BCUT2D eigenvalue weighted by molar-refractivity contribution is 8.00. The van der Waals surface area contributed by atoms with Crippen LogP contribution in [-0.2, 0) is 14.3 Å². The first-order valence-corrected chi connectivity index (χ1v) is 13.7. The van der Waals surface area contributed by atoms with Gasteiger partial charge in [0.05, 0.1) is 0 Å². The summed E-state index contributed by atoms with van der Waals surface area (Å²) >= 11 is 2.09. The molecule has 0 amide bonds. The van der Waals surface area contributed by atoms with E-state index in [0.29, 0.717) is 35.1 Å². The molecule has 2 fully saturated rings. The zero-order valence-corrected chi connectivity index (χ0v) is 22.9. The molecule has 2 aliphatic heterocycles. The standard InChI is InChI=1S/C19H36N2O2S.C7H16O/c1-19(2,3)10-12-23-11-6-8-15(22)7-4-5-9-17-18-16(13-24-17)20-14-21-18;1-7(2,3)5-6-8-4/h16-18,20-21H,4-14H2,1-3H3;5-6H2,1-4H3/t16-,17-,18-;/m0./s1. The molecule has 0 radical (unpaired) electrons. The van der Waals surface area contributed by atoms with E-state index in [2.05, 4.69) is 63.9 Å². The van der Waals surface area contributed by atoms with Gasteiger partial charge in [-0.05, 0) is 42.9 Å². The molecule has 190 valence electrons. The number of rotatable bonds is 13. The number of Topliss-reactive ketones (excluding diaryl/α,β-unsaturated/α-hetero) is 1. The summed E-state index contributed by atoms with van der Waals surface area (Å²) in [7, 11) is 1.74. The molecule has 2 saturated heterocycles. The maximum absolute atomic E-state index is 11.9. The summed E-state index contributed by atoms with van der Waals surface area (Å²) in [5, 5.41) is 7.80. The van der Waals surface area contributed by atoms with Crippen molar-refractivity contribution >= 4 is 17.5 Å². The van der Waals surface area contributed by atoms with Crippen molar-refractivity contribution in [3.8, 4) is 0 Å². The first kappa shape index (κ1) is 29.9. The van der Waals surface area contributed by atoms with Crippen molar-refractivity contribution in [2.75, 3.05) is 39.4 Å². The second kappa shape index (κ2) is 15.7. The van der Waals surface area contributed by atoms with Gasteiger partial charge in [-0.3, -0.25) is 15.4 Å². The summed E-state index contributed by atoms with van der Waals surface area (Å²) in [6.45, 7) is 16.7. The number of thioether (sulfide) groups is 1. The highest BCUT2D eigenvalue weighted by atomic mass is 32.2. The Morgan fingerprint density at radius 3 is 2.19 bits per heavy atom. The van der Waals surface area contributed by atoms with Crippen molar-refractivity contribution < 1.29 is 14.3 Å². The molecule has 0 aromatic carbocycles. The molecule has 2 rings (SSSR count). The van der Waals surface area contributed by atoms with Gasteiger partial charge in [0.1, 0.15) is 5.78 Å². The lowest BCUT2D eigenvalue weighted by Gasteiger charge is -2.17. The van der Waals surface area contributed by atoms with E-state index in [4.69, 9.17) is 9.47 Å². The third-order valence-electron chi connectivity index (χ3n) is 6.02. The number of ketones is 1. The summed E-state index contributed by atoms with van der Waals surface area (Å²) in [4.78, 5) is 11.9. The molecule has 0 saturated carbocycles. The van der Waals surface area contributed by atoms with Crippen LogP contribution in [0.5, 0.6) is 0 Å². The summed E-state index contributed by atoms with van der Waals surface area (Å²) in [6.07, 6.45) is 7.99. The van der Waals surface area contributed by atoms with Gasteiger partial charge in [0.25, 0.3) is 0 Å². The molecule has 2 heterocycles. The fourth-order valence-electron chi connectivity index (χ4n) is 3.78. The fourth-order valence-corrected chi connectivity index (χ4v) is 5.38. The van der Waals surface area contributed by atoms with Gasteiger partial charge in [-0.1, -0.05) is 48.0 Å². The van der Waals surface area contributed by atoms with Crippen molar-refractivity contribution in [3.05, 3.63) is 0 Å². The van der Waals surface area contributed by atoms with Gasteiger partial charge in [-0.15, -0.1) is 0 Å². The van der Waals surface area contributed by atoms with E-state index in [9.17, 15) is 4.79 Å². The van der Waals surface area contributed by atoms with Crippen molar-refractivity contribution in [1.82, 2.24) is 10.6 Å². The van der Waals surface area contributed by atoms with Crippen LogP contribution in [0.1, 0.15) is 92.9 Å². The number of carbonyl (C=O) groups excluding carboxylic acids is 1. The van der Waals surface area contributed by atoms with Crippen LogP contribution < -0.4 is 10.6 Å². The summed E-state index contributed by atoms with van der Waals surface area (Å²) < 4.78 is 10.5. The van der Waals surface area contributed by atoms with E-state index in [1.165, 1.54) is 18.6 Å². The zero-order valence-electron chi connectivity index (χ0n) is 22.1. The number of hydrogen-bond acceptors (Lipinski definition) is 6. The molecule has 32 heavy (non-hydrogen) atoms. The predicted octanol–water partition coefficient (Wildman–Crippen LogP) is 5.42. The minimum Gasteiger partial charge on any atom is -0.385 e. The summed E-state index contributed by atoms with van der Waals surface area (Å²) in [5.41, 5.74) is 0.757. The van der Waals surface area contributed by atoms with E-state index in [-0.39, 0.29) is 0 Å². The number of unbranched alkanes of at least 4 members (excludes halogenated alkanes) is 1. The minimum atomic E-state index is 0.331. The van der Waals surface area contributed by atoms with E-state index in [1.807, 2.05) is 0 Å². The van der Waals surface area contributed by atoms with E-state index in [1.54, 1.807) is 7.11 Å². The fraction of sp³-hybridized carbons (Fsp3) is 0.962. The number of methoxy groups -OCH3 is 1. The molecule has 0 aliphatic carbocycles. The maximum Gasteiger partial charge on any atom is 0.132 e. The summed E-state index contributed by atoms with van der Waals surface area (Å²) in [5.74, 6) is 1.64. The molecule has 0 aromatic heterocycles. The second-order valence-corrected chi connectivity index (χ2v) is 13.0. The van der Waals surface area contributed by atoms with Gasteiger partial charge < -0.3 is 9.47 Å². The van der Waals surface area contributed by atoms with Gasteiger partial charge >= 0.3 is 0 Å². The smallest absolute Gasteiger partial charge is 0.132 e. The number of hydrogen-bond donors (Lipinski definition) is 2. The Kier molecular flexibility index (Phi) is 14.7. The van der Waals surface area contributed by atoms with Crippen LogP contribution in [0.25, 0.3) is 0 Å². The average molecular weight is 473 g/mol. The molecule has 6 heteroatoms. The summed E-state index contributed by atoms with van der Waals surface area (Å²) in [6, 6.07) is 1.32. The Labute approximate surface area is 202 Å². The zero-order chi connectivity index (χ0) is 24.0. The topological polar surface area (TPSA) is 59.6 Å². The largest absolute Gasteiger partial charge is 0.385 e. The van der Waals surface area contributed by atoms with Gasteiger partial charge in [0.15, 0.2) is 0 Å². The Balaban J connectivity index is 0.000000547.